The number of nitrogens with one attached hydrogen (secondary N) is 1. The van der Waals surface area contributed by atoms with Crippen LogP contribution in [0.3, 0.4) is 0 Å². The van der Waals surface area contributed by atoms with Crippen LogP contribution in [0, 0.1) is 0 Å². The summed E-state index contributed by atoms with van der Waals surface area (Å²) in [7, 11) is 0. The molecule has 1 N–H and O–H groups in total. The molecule has 0 radical (unpaired) electrons. The molecule has 1 amide bonds. The minimum absolute atomic E-state index is 0.141. The molecule has 1 unspecified atom stereocenters. The third-order valence-electron chi connectivity index (χ3n) is 2.24. The molecule has 4 nitrogen and oxygen atoms in total. The van der Waals surface area contributed by atoms with Gasteiger partial charge in [0.2, 0.25) is 0 Å². The number of alkyl carbamates (subject to hydrolysis) is 1. The van der Waals surface area contributed by atoms with E-state index < -0.39 is 11.7 Å². The van der Waals surface area contributed by atoms with Crippen LogP contribution < -0.4 is 5.32 Å². The van der Waals surface area contributed by atoms with Gasteiger partial charge >= 0.3 is 6.09 Å². The van der Waals surface area contributed by atoms with Gasteiger partial charge in [-0.3, -0.25) is 0 Å². The first kappa shape index (κ1) is 18.3. The maximum absolute atomic E-state index is 11.6. The molecule has 0 aromatic rings. The molecule has 0 heterocycles. The van der Waals surface area contributed by atoms with Gasteiger partial charge in [0.15, 0.2) is 0 Å². The van der Waals surface area contributed by atoms with Crippen LogP contribution >= 0.6 is 0 Å². The van der Waals surface area contributed by atoms with Crippen LogP contribution in [0.1, 0.15) is 41.5 Å². The number of allylic oxidation sites excluding steroid dienone is 4. The van der Waals surface area contributed by atoms with E-state index >= 15 is 0 Å². The summed E-state index contributed by atoms with van der Waals surface area (Å²) < 4.78 is 10.8. The Balaban J connectivity index is 4.25. The number of carbonyl (C=O) groups excluding carboxylic acids is 1. The zero-order valence-electron chi connectivity index (χ0n) is 13.4. The molecule has 0 fully saturated rings. The van der Waals surface area contributed by atoms with Crippen LogP contribution in [0.25, 0.3) is 0 Å². The predicted molar refractivity (Wildman–Crippen MR) is 82.5 cm³/mol. The van der Waals surface area contributed by atoms with Crippen molar-refractivity contribution in [1.29, 1.82) is 0 Å². The van der Waals surface area contributed by atoms with Crippen LogP contribution in [-0.2, 0) is 9.47 Å². The third kappa shape index (κ3) is 9.25. The lowest BCUT2D eigenvalue weighted by Gasteiger charge is -2.22. The molecule has 0 bridgehead atoms. The lowest BCUT2D eigenvalue weighted by molar-refractivity contribution is 0.0482. The van der Waals surface area contributed by atoms with Crippen molar-refractivity contribution in [2.24, 2.45) is 0 Å². The number of carbonyl (C=O) groups is 1. The van der Waals surface area contributed by atoms with E-state index in [4.69, 9.17) is 9.47 Å². The van der Waals surface area contributed by atoms with Crippen LogP contribution in [0.2, 0.25) is 0 Å². The van der Waals surface area contributed by atoms with E-state index in [1.165, 1.54) is 0 Å². The molecule has 0 aliphatic rings. The summed E-state index contributed by atoms with van der Waals surface area (Å²) >= 11 is 0. The topological polar surface area (TPSA) is 47.6 Å². The molecular formula is C16H27NO3. The highest BCUT2D eigenvalue weighted by molar-refractivity contribution is 5.68. The quantitative estimate of drug-likeness (QED) is 0.592. The number of hydrogen-bond acceptors (Lipinski definition) is 3. The summed E-state index contributed by atoms with van der Waals surface area (Å²) in [5.74, 6) is 0.750. The second-order valence-electron chi connectivity index (χ2n) is 5.64. The summed E-state index contributed by atoms with van der Waals surface area (Å²) in [4.78, 5) is 11.6. The molecule has 114 valence electrons. The van der Waals surface area contributed by atoms with Gasteiger partial charge in [-0.2, -0.15) is 0 Å². The Kier molecular flexibility index (Phi) is 7.74. The second-order valence-corrected chi connectivity index (χ2v) is 5.64. The molecule has 20 heavy (non-hydrogen) atoms. The van der Waals surface area contributed by atoms with Crippen molar-refractivity contribution in [3.63, 3.8) is 0 Å². The number of ether oxygens (including phenoxy) is 2. The highest BCUT2D eigenvalue weighted by Crippen LogP contribution is 2.08. The van der Waals surface area contributed by atoms with Gasteiger partial charge in [-0.1, -0.05) is 12.7 Å². The van der Waals surface area contributed by atoms with Crippen molar-refractivity contribution < 1.29 is 14.3 Å². The minimum Gasteiger partial charge on any atom is -0.492 e. The molecule has 4 heteroatoms. The van der Waals surface area contributed by atoms with E-state index in [9.17, 15) is 4.79 Å². The maximum atomic E-state index is 11.6. The molecular weight excluding hydrogens is 254 g/mol. The zero-order chi connectivity index (χ0) is 15.8. The average Bonchev–Trinajstić information content (AvgIpc) is 2.31. The largest absolute Gasteiger partial charge is 0.492 e. The summed E-state index contributed by atoms with van der Waals surface area (Å²) in [6, 6.07) is -0.141. The Morgan fingerprint density at radius 1 is 1.40 bits per heavy atom. The van der Waals surface area contributed by atoms with Crippen molar-refractivity contribution >= 4 is 6.09 Å². The SMILES string of the molecule is C=C/C(C)=C\C(=C/C)OCC(C)NC(=O)OC(C)(C)C. The van der Waals surface area contributed by atoms with Crippen molar-refractivity contribution in [3.05, 3.63) is 36.1 Å². The zero-order valence-corrected chi connectivity index (χ0v) is 13.4. The molecule has 0 rings (SSSR count). The van der Waals surface area contributed by atoms with Gasteiger partial charge in [0.25, 0.3) is 0 Å². The maximum Gasteiger partial charge on any atom is 0.407 e. The molecule has 0 saturated heterocycles. The first-order valence-corrected chi connectivity index (χ1v) is 6.77. The number of amides is 1. The normalized spacial score (nSPS) is 14.5. The Bertz CT molecular complexity index is 389. The lowest BCUT2D eigenvalue weighted by atomic mass is 10.2. The Labute approximate surface area is 122 Å². The van der Waals surface area contributed by atoms with Crippen LogP contribution in [-0.4, -0.2) is 24.3 Å². The fourth-order valence-electron chi connectivity index (χ4n) is 1.26. The fraction of sp³-hybridized carbons (Fsp3) is 0.562. The highest BCUT2D eigenvalue weighted by atomic mass is 16.6. The predicted octanol–water partition coefficient (Wildman–Crippen LogP) is 3.95. The van der Waals surface area contributed by atoms with Gasteiger partial charge in [-0.05, 0) is 59.3 Å². The molecule has 0 aromatic heterocycles. The van der Waals surface area contributed by atoms with Gasteiger partial charge in [-0.25, -0.2) is 4.79 Å². The van der Waals surface area contributed by atoms with Crippen molar-refractivity contribution in [3.8, 4) is 0 Å². The van der Waals surface area contributed by atoms with Gasteiger partial charge < -0.3 is 14.8 Å². The Hall–Kier alpha value is -1.71. The van der Waals surface area contributed by atoms with Gasteiger partial charge in [0, 0.05) is 0 Å². The molecule has 1 atom stereocenters. The summed E-state index contributed by atoms with van der Waals surface area (Å²) in [5.41, 5.74) is 0.522. The molecule has 0 aliphatic heterocycles. The molecule has 0 spiro atoms. The highest BCUT2D eigenvalue weighted by Gasteiger charge is 2.17. The number of hydrogen-bond donors (Lipinski definition) is 1. The van der Waals surface area contributed by atoms with E-state index in [0.717, 1.165) is 11.3 Å². The van der Waals surface area contributed by atoms with Gasteiger partial charge in [-0.15, -0.1) is 0 Å². The fourth-order valence-corrected chi connectivity index (χ4v) is 1.26. The molecule has 0 aromatic carbocycles. The first-order chi connectivity index (χ1) is 9.17. The average molecular weight is 281 g/mol. The lowest BCUT2D eigenvalue weighted by Crippen LogP contribution is -2.39. The van der Waals surface area contributed by atoms with Crippen LogP contribution in [0.4, 0.5) is 4.79 Å². The van der Waals surface area contributed by atoms with Gasteiger partial charge in [0.05, 0.1) is 6.04 Å². The van der Waals surface area contributed by atoms with Crippen molar-refractivity contribution in [2.45, 2.75) is 53.2 Å². The summed E-state index contributed by atoms with van der Waals surface area (Å²) in [6.07, 6.45) is 5.09. The second kappa shape index (κ2) is 8.46. The first-order valence-electron chi connectivity index (χ1n) is 6.77. The van der Waals surface area contributed by atoms with E-state index in [1.807, 2.05) is 53.7 Å². The van der Waals surface area contributed by atoms with E-state index in [1.54, 1.807) is 6.08 Å². The summed E-state index contributed by atoms with van der Waals surface area (Å²) in [6.45, 7) is 15.3. The van der Waals surface area contributed by atoms with Gasteiger partial charge in [0.1, 0.15) is 18.0 Å². The van der Waals surface area contributed by atoms with E-state index in [2.05, 4.69) is 11.9 Å². The Morgan fingerprint density at radius 3 is 2.45 bits per heavy atom. The number of rotatable bonds is 6. The smallest absolute Gasteiger partial charge is 0.407 e. The molecule has 0 saturated carbocycles. The van der Waals surface area contributed by atoms with Crippen molar-refractivity contribution in [1.82, 2.24) is 5.32 Å². The standard InChI is InChI=1S/C16H27NO3/c1-8-12(3)10-14(9-2)19-11-13(4)17-15(18)20-16(5,6)7/h8-10,13H,1,11H2,2-7H3,(H,17,18)/b12-10-,14-9+. The van der Waals surface area contributed by atoms with E-state index in [0.29, 0.717) is 6.61 Å². The van der Waals surface area contributed by atoms with E-state index in [-0.39, 0.29) is 6.04 Å². The van der Waals surface area contributed by atoms with Crippen LogP contribution in [0.5, 0.6) is 0 Å². The summed E-state index contributed by atoms with van der Waals surface area (Å²) in [5, 5.41) is 2.73. The Morgan fingerprint density at radius 2 is 2.00 bits per heavy atom. The minimum atomic E-state index is -0.497. The van der Waals surface area contributed by atoms with Crippen LogP contribution in [0.15, 0.2) is 36.1 Å². The monoisotopic (exact) mass is 281 g/mol. The van der Waals surface area contributed by atoms with Crippen molar-refractivity contribution in [2.75, 3.05) is 6.61 Å². The molecule has 0 aliphatic carbocycles. The third-order valence-corrected chi connectivity index (χ3v) is 2.24.